The highest BCUT2D eigenvalue weighted by molar-refractivity contribution is 6.00. The van der Waals surface area contributed by atoms with E-state index in [2.05, 4.69) is 30.2 Å². The third kappa shape index (κ3) is 2.98. The van der Waals surface area contributed by atoms with E-state index in [0.29, 0.717) is 23.8 Å². The van der Waals surface area contributed by atoms with Crippen LogP contribution in [-0.2, 0) is 4.79 Å². The van der Waals surface area contributed by atoms with Crippen LogP contribution in [0.3, 0.4) is 0 Å². The standard InChI is InChI=1S/C23H20N6O/c1-23(2)10-17-19(18(30)11-23)20(15-7-5-14(12-24)6-8-15)29-22(26-17)27-21(28-29)16-4-3-9-25-13-16/h3-9,13,20H,10-11H2,1-2H3,(H,26,27,28). The van der Waals surface area contributed by atoms with Crippen molar-refractivity contribution < 1.29 is 4.79 Å². The lowest BCUT2D eigenvalue weighted by molar-refractivity contribution is -0.118. The molecule has 0 spiro atoms. The molecular formula is C23H20N6O. The number of benzene rings is 1. The number of anilines is 1. The molecule has 2 aromatic heterocycles. The normalized spacial score (nSPS) is 19.5. The molecule has 1 N–H and O–H groups in total. The summed E-state index contributed by atoms with van der Waals surface area (Å²) in [6.07, 6.45) is 4.67. The molecule has 0 amide bonds. The van der Waals surface area contributed by atoms with Crippen LogP contribution in [0.25, 0.3) is 11.4 Å². The maximum Gasteiger partial charge on any atom is 0.226 e. The van der Waals surface area contributed by atoms with Crippen LogP contribution < -0.4 is 5.32 Å². The molecule has 1 atom stereocenters. The number of nitrogens with zero attached hydrogens (tertiary/aromatic N) is 5. The summed E-state index contributed by atoms with van der Waals surface area (Å²) in [4.78, 5) is 22.1. The van der Waals surface area contributed by atoms with Crippen LogP contribution in [0, 0.1) is 16.7 Å². The van der Waals surface area contributed by atoms with Crippen molar-refractivity contribution in [2.24, 2.45) is 5.41 Å². The van der Waals surface area contributed by atoms with Crippen molar-refractivity contribution in [3.05, 3.63) is 71.2 Å². The van der Waals surface area contributed by atoms with Gasteiger partial charge in [-0.1, -0.05) is 26.0 Å². The Labute approximate surface area is 174 Å². The molecule has 0 fully saturated rings. The Morgan fingerprint density at radius 2 is 2.00 bits per heavy atom. The van der Waals surface area contributed by atoms with E-state index in [1.165, 1.54) is 0 Å². The average Bonchev–Trinajstić information content (AvgIpc) is 3.16. The molecule has 1 unspecified atom stereocenters. The summed E-state index contributed by atoms with van der Waals surface area (Å²) in [6, 6.07) is 12.8. The van der Waals surface area contributed by atoms with Gasteiger partial charge in [-0.3, -0.25) is 9.78 Å². The smallest absolute Gasteiger partial charge is 0.226 e. The third-order valence-corrected chi connectivity index (χ3v) is 5.61. The number of ketones is 1. The number of allylic oxidation sites excluding steroid dienone is 2. The molecule has 3 aromatic rings. The fraction of sp³-hybridized carbons (Fsp3) is 0.261. The quantitative estimate of drug-likeness (QED) is 0.706. The Morgan fingerprint density at radius 1 is 1.20 bits per heavy atom. The molecule has 1 aliphatic heterocycles. The zero-order valence-corrected chi connectivity index (χ0v) is 16.8. The summed E-state index contributed by atoms with van der Waals surface area (Å²) in [5.41, 5.74) is 3.81. The number of Topliss-reactive ketones (excluding diaryl/α,β-unsaturated/α-hetero) is 1. The monoisotopic (exact) mass is 396 g/mol. The van der Waals surface area contributed by atoms with Gasteiger partial charge in [-0.15, -0.1) is 5.10 Å². The minimum atomic E-state index is -0.384. The highest BCUT2D eigenvalue weighted by atomic mass is 16.1. The van der Waals surface area contributed by atoms with Crippen molar-refractivity contribution in [2.75, 3.05) is 5.32 Å². The van der Waals surface area contributed by atoms with E-state index in [1.54, 1.807) is 29.2 Å². The zero-order chi connectivity index (χ0) is 20.9. The maximum absolute atomic E-state index is 13.2. The van der Waals surface area contributed by atoms with Gasteiger partial charge in [0.1, 0.15) is 6.04 Å². The minimum Gasteiger partial charge on any atom is -0.328 e. The molecule has 148 valence electrons. The average molecular weight is 396 g/mol. The number of nitriles is 1. The Hall–Kier alpha value is -3.79. The van der Waals surface area contributed by atoms with Crippen LogP contribution in [0.4, 0.5) is 5.95 Å². The molecule has 1 aromatic carbocycles. The molecule has 2 aliphatic rings. The molecule has 3 heterocycles. The van der Waals surface area contributed by atoms with Gasteiger partial charge in [0.2, 0.25) is 5.95 Å². The van der Waals surface area contributed by atoms with Gasteiger partial charge in [0.05, 0.1) is 11.6 Å². The molecule has 1 aliphatic carbocycles. The third-order valence-electron chi connectivity index (χ3n) is 5.61. The van der Waals surface area contributed by atoms with Gasteiger partial charge in [-0.05, 0) is 41.7 Å². The predicted molar refractivity (Wildman–Crippen MR) is 111 cm³/mol. The van der Waals surface area contributed by atoms with E-state index < -0.39 is 0 Å². The topological polar surface area (TPSA) is 96.5 Å². The number of nitrogens with one attached hydrogen (secondary N) is 1. The van der Waals surface area contributed by atoms with Crippen LogP contribution in [-0.4, -0.2) is 25.5 Å². The fourth-order valence-electron chi connectivity index (χ4n) is 4.27. The number of carbonyl (C=O) groups is 1. The molecule has 7 heteroatoms. The van der Waals surface area contributed by atoms with E-state index >= 15 is 0 Å². The summed E-state index contributed by atoms with van der Waals surface area (Å²) >= 11 is 0. The van der Waals surface area contributed by atoms with Crippen molar-refractivity contribution in [1.82, 2.24) is 19.7 Å². The van der Waals surface area contributed by atoms with Crippen LogP contribution in [0.15, 0.2) is 60.1 Å². The van der Waals surface area contributed by atoms with Crippen molar-refractivity contribution in [3.63, 3.8) is 0 Å². The van der Waals surface area contributed by atoms with Crippen LogP contribution in [0.1, 0.15) is 43.9 Å². The number of rotatable bonds is 2. The second kappa shape index (κ2) is 6.63. The van der Waals surface area contributed by atoms with Crippen LogP contribution >= 0.6 is 0 Å². The molecule has 0 saturated carbocycles. The van der Waals surface area contributed by atoms with Gasteiger partial charge < -0.3 is 5.32 Å². The molecular weight excluding hydrogens is 376 g/mol. The number of fused-ring (bicyclic) bond motifs is 1. The van der Waals surface area contributed by atoms with Crippen molar-refractivity contribution in [1.29, 1.82) is 5.26 Å². The van der Waals surface area contributed by atoms with E-state index in [4.69, 9.17) is 15.3 Å². The molecule has 0 bridgehead atoms. The number of pyridine rings is 1. The SMILES string of the molecule is CC1(C)CC(=O)C2=C(C1)Nc1nc(-c3cccnc3)nn1C2c1ccc(C#N)cc1. The highest BCUT2D eigenvalue weighted by Gasteiger charge is 2.41. The Bertz CT molecular complexity index is 1210. The van der Waals surface area contributed by atoms with Gasteiger partial charge in [0.25, 0.3) is 0 Å². The van der Waals surface area contributed by atoms with E-state index in [9.17, 15) is 4.79 Å². The fourth-order valence-corrected chi connectivity index (χ4v) is 4.27. The van der Waals surface area contributed by atoms with Crippen LogP contribution in [0.2, 0.25) is 0 Å². The van der Waals surface area contributed by atoms with Gasteiger partial charge in [-0.25, -0.2) is 4.68 Å². The Kier molecular flexibility index (Phi) is 4.03. The minimum absolute atomic E-state index is 0.118. The predicted octanol–water partition coefficient (Wildman–Crippen LogP) is 3.87. The zero-order valence-electron chi connectivity index (χ0n) is 16.8. The summed E-state index contributed by atoms with van der Waals surface area (Å²) in [5, 5.41) is 17.3. The molecule has 30 heavy (non-hydrogen) atoms. The summed E-state index contributed by atoms with van der Waals surface area (Å²) in [7, 11) is 0. The highest BCUT2D eigenvalue weighted by Crippen LogP contribution is 2.45. The maximum atomic E-state index is 13.2. The van der Waals surface area contributed by atoms with Gasteiger partial charge >= 0.3 is 0 Å². The largest absolute Gasteiger partial charge is 0.328 e. The van der Waals surface area contributed by atoms with Gasteiger partial charge in [-0.2, -0.15) is 10.2 Å². The van der Waals surface area contributed by atoms with E-state index in [1.807, 2.05) is 24.3 Å². The van der Waals surface area contributed by atoms with Gasteiger partial charge in [0, 0.05) is 35.6 Å². The summed E-state index contributed by atoms with van der Waals surface area (Å²) in [6.45, 7) is 4.21. The van der Waals surface area contributed by atoms with Crippen molar-refractivity contribution in [2.45, 2.75) is 32.7 Å². The number of hydrogen-bond acceptors (Lipinski definition) is 6. The second-order valence-electron chi connectivity index (χ2n) is 8.54. The lowest BCUT2D eigenvalue weighted by Gasteiger charge is -2.38. The molecule has 5 rings (SSSR count). The first-order valence-corrected chi connectivity index (χ1v) is 9.85. The first-order chi connectivity index (χ1) is 14.4. The first-order valence-electron chi connectivity index (χ1n) is 9.85. The number of hydrogen-bond donors (Lipinski definition) is 1. The summed E-state index contributed by atoms with van der Waals surface area (Å²) in [5.74, 6) is 1.27. The van der Waals surface area contributed by atoms with Gasteiger partial charge in [0.15, 0.2) is 11.6 Å². The summed E-state index contributed by atoms with van der Waals surface area (Å²) < 4.78 is 1.78. The van der Waals surface area contributed by atoms with E-state index in [-0.39, 0.29) is 17.2 Å². The molecule has 7 nitrogen and oxygen atoms in total. The van der Waals surface area contributed by atoms with Crippen LogP contribution in [0.5, 0.6) is 0 Å². The number of carbonyl (C=O) groups excluding carboxylic acids is 1. The second-order valence-corrected chi connectivity index (χ2v) is 8.54. The Morgan fingerprint density at radius 3 is 2.70 bits per heavy atom. The van der Waals surface area contributed by atoms with E-state index in [0.717, 1.165) is 28.8 Å². The number of aromatic nitrogens is 4. The lowest BCUT2D eigenvalue weighted by Crippen LogP contribution is -2.36. The molecule has 0 radical (unpaired) electrons. The molecule has 0 saturated heterocycles. The van der Waals surface area contributed by atoms with Crippen molar-refractivity contribution in [3.8, 4) is 17.5 Å². The Balaban J connectivity index is 1.68. The van der Waals surface area contributed by atoms with Crippen molar-refractivity contribution >= 4 is 11.7 Å². The lowest BCUT2D eigenvalue weighted by atomic mass is 9.73. The first kappa shape index (κ1) is 18.3.